The summed E-state index contributed by atoms with van der Waals surface area (Å²) in [6, 6.07) is 82.7. The highest BCUT2D eigenvalue weighted by Gasteiger charge is 2.61. The van der Waals surface area contributed by atoms with Crippen LogP contribution in [0.5, 0.6) is 0 Å². The average molecular weight is 1230 g/mol. The maximum absolute atomic E-state index is 16.3. The summed E-state index contributed by atoms with van der Waals surface area (Å²) >= 11 is 0. The van der Waals surface area contributed by atoms with Crippen LogP contribution in [0.2, 0.25) is 0 Å². The zero-order valence-corrected chi connectivity index (χ0v) is 50.5. The van der Waals surface area contributed by atoms with Gasteiger partial charge in [-0.25, -0.2) is 13.7 Å². The van der Waals surface area contributed by atoms with Gasteiger partial charge in [-0.05, 0) is 50.1 Å². The van der Waals surface area contributed by atoms with Crippen LogP contribution >= 0.6 is 23.5 Å². The Bertz CT molecular complexity index is 3250. The Hall–Kier alpha value is -6.81. The van der Waals surface area contributed by atoms with Gasteiger partial charge in [0, 0.05) is 0 Å². The molecular weight excluding hydrogens is 1160 g/mol. The molecule has 1 saturated carbocycles. The largest absolute Gasteiger partial charge is 0.475 e. The van der Waals surface area contributed by atoms with Crippen LogP contribution in [0.3, 0.4) is 0 Å². The summed E-state index contributed by atoms with van der Waals surface area (Å²) in [5, 5.41) is 0. The summed E-state index contributed by atoms with van der Waals surface area (Å²) in [5.41, 5.74) is 6.02. The van der Waals surface area contributed by atoms with E-state index in [0.717, 1.165) is 16.7 Å². The molecule has 10 rings (SSSR count). The second-order valence-corrected chi connectivity index (χ2v) is 25.3. The van der Waals surface area contributed by atoms with Crippen molar-refractivity contribution in [3.63, 3.8) is 0 Å². The Balaban J connectivity index is 1.18. The zero-order valence-electron chi connectivity index (χ0n) is 47.8. The highest BCUT2D eigenvalue weighted by Crippen LogP contribution is 2.61. The first-order valence-electron chi connectivity index (χ1n) is 28.6. The topological polar surface area (TPSA) is 162 Å². The first-order valence-corrected chi connectivity index (χ1v) is 33.0. The van der Waals surface area contributed by atoms with Gasteiger partial charge in [0.15, 0.2) is 0 Å². The third kappa shape index (κ3) is 19.6. The normalized spacial score (nSPS) is 18.1. The summed E-state index contributed by atoms with van der Waals surface area (Å²) in [4.78, 5) is 0. The van der Waals surface area contributed by atoms with E-state index in [1.807, 2.05) is 200 Å². The molecule has 15 nitrogen and oxygen atoms in total. The fraction of sp³-hybridized carbons (Fsp3) is 0.217. The molecule has 0 N–H and O–H groups in total. The van der Waals surface area contributed by atoms with Crippen molar-refractivity contribution in [3.05, 3.63) is 323 Å². The van der Waals surface area contributed by atoms with Gasteiger partial charge in [0.1, 0.15) is 36.6 Å². The van der Waals surface area contributed by atoms with E-state index in [2.05, 4.69) is 0 Å². The van der Waals surface area contributed by atoms with E-state index in [4.69, 9.17) is 54.9 Å². The summed E-state index contributed by atoms with van der Waals surface area (Å²) in [5.74, 6) is 0. The molecule has 0 bridgehead atoms. The number of rotatable bonds is 33. The molecule has 18 heteroatoms. The molecule has 1 fully saturated rings. The van der Waals surface area contributed by atoms with E-state index < -0.39 is 60.1 Å². The molecule has 0 saturated heterocycles. The van der Waals surface area contributed by atoms with E-state index in [1.165, 1.54) is 0 Å². The third-order valence-electron chi connectivity index (χ3n) is 13.9. The fourth-order valence-corrected chi connectivity index (χ4v) is 13.5. The van der Waals surface area contributed by atoms with Crippen molar-refractivity contribution < 1.29 is 68.6 Å². The molecular formula is C69H69O15P3. The average Bonchev–Trinajstić information content (AvgIpc) is 2.53. The van der Waals surface area contributed by atoms with Gasteiger partial charge in [0.25, 0.3) is 0 Å². The van der Waals surface area contributed by atoms with Gasteiger partial charge in [-0.1, -0.05) is 273 Å². The smallest absolute Gasteiger partial charge is 0.368 e. The standard InChI is InChI=1S/C69H69O15P3/c70-85(76-49-58-34-16-4-17-35-58,77-50-59-36-18-5-19-37-59)82-67-65(74-47-56-30-12-2-13-31-56)64(73-46-55-28-10-1-11-29-55)66(75-48-57-32-14-3-15-33-57)68(83-86(71,78-51-60-38-20-6-21-39-60)79-52-61-40-22-7-23-41-61)69(67)84-87(72,80-53-62-42-24-8-25-43-62)81-54-63-44-26-9-27-45-63/h1-45,64-69H,46-54H2/t64?,65-,66+,67-,68-,69?/m1/s1. The predicted molar refractivity (Wildman–Crippen MR) is 330 cm³/mol. The van der Waals surface area contributed by atoms with Crippen molar-refractivity contribution in [2.45, 2.75) is 96.1 Å². The van der Waals surface area contributed by atoms with Crippen molar-refractivity contribution in [2.75, 3.05) is 0 Å². The van der Waals surface area contributed by atoms with E-state index in [-0.39, 0.29) is 59.5 Å². The Labute approximate surface area is 508 Å². The number of benzene rings is 9. The molecule has 0 radical (unpaired) electrons. The van der Waals surface area contributed by atoms with Crippen molar-refractivity contribution >= 4 is 23.5 Å². The van der Waals surface area contributed by atoms with Crippen LogP contribution in [-0.2, 0) is 128 Å². The highest BCUT2D eigenvalue weighted by molar-refractivity contribution is 7.49. The minimum absolute atomic E-state index is 0.0505. The lowest BCUT2D eigenvalue weighted by Crippen LogP contribution is -2.67. The summed E-state index contributed by atoms with van der Waals surface area (Å²) < 4.78 is 130. The van der Waals surface area contributed by atoms with Crippen LogP contribution < -0.4 is 0 Å². The zero-order chi connectivity index (χ0) is 59.8. The van der Waals surface area contributed by atoms with Gasteiger partial charge in [-0.3, -0.25) is 40.7 Å². The Kier molecular flexibility index (Phi) is 23.6. The molecule has 1 aliphatic rings. The van der Waals surface area contributed by atoms with Gasteiger partial charge in [-0.2, -0.15) is 0 Å². The number of hydrogen-bond donors (Lipinski definition) is 0. The Morgan fingerprint density at radius 3 is 0.506 bits per heavy atom. The van der Waals surface area contributed by atoms with E-state index in [0.29, 0.717) is 33.4 Å². The molecule has 1 aliphatic carbocycles. The molecule has 0 aromatic heterocycles. The van der Waals surface area contributed by atoms with Crippen LogP contribution in [0.15, 0.2) is 273 Å². The van der Waals surface area contributed by atoms with Crippen molar-refractivity contribution in [1.82, 2.24) is 0 Å². The van der Waals surface area contributed by atoms with Gasteiger partial charge in [0.05, 0.1) is 59.5 Å². The number of phosphoric ester groups is 3. The maximum atomic E-state index is 16.3. The minimum Gasteiger partial charge on any atom is -0.368 e. The molecule has 2 unspecified atom stereocenters. The molecule has 0 amide bonds. The predicted octanol–water partition coefficient (Wildman–Crippen LogP) is 16.5. The van der Waals surface area contributed by atoms with Crippen LogP contribution in [-0.4, -0.2) is 36.6 Å². The lowest BCUT2D eigenvalue weighted by atomic mass is 9.84. The van der Waals surface area contributed by atoms with Gasteiger partial charge in [0.2, 0.25) is 0 Å². The highest BCUT2D eigenvalue weighted by atomic mass is 31.2. The molecule has 0 spiro atoms. The second-order valence-electron chi connectivity index (χ2n) is 20.4. The number of phosphoric acid groups is 3. The van der Waals surface area contributed by atoms with Crippen LogP contribution in [0.25, 0.3) is 0 Å². The van der Waals surface area contributed by atoms with Crippen molar-refractivity contribution in [2.24, 2.45) is 0 Å². The van der Waals surface area contributed by atoms with Crippen molar-refractivity contribution in [3.8, 4) is 0 Å². The Morgan fingerprint density at radius 2 is 0.333 bits per heavy atom. The second kappa shape index (κ2) is 32.4. The lowest BCUT2D eigenvalue weighted by molar-refractivity contribution is -0.256. The monoisotopic (exact) mass is 1230 g/mol. The molecule has 450 valence electrons. The van der Waals surface area contributed by atoms with E-state index >= 15 is 13.7 Å². The van der Waals surface area contributed by atoms with Crippen LogP contribution in [0, 0.1) is 0 Å². The van der Waals surface area contributed by atoms with Crippen molar-refractivity contribution in [1.29, 1.82) is 0 Å². The van der Waals surface area contributed by atoms with E-state index in [9.17, 15) is 0 Å². The minimum atomic E-state index is -5.02. The lowest BCUT2D eigenvalue weighted by Gasteiger charge is -2.50. The van der Waals surface area contributed by atoms with Gasteiger partial charge >= 0.3 is 23.5 Å². The maximum Gasteiger partial charge on any atom is 0.475 e. The molecule has 0 aliphatic heterocycles. The van der Waals surface area contributed by atoms with Crippen LogP contribution in [0.1, 0.15) is 50.1 Å². The number of ether oxygens (including phenoxy) is 3. The van der Waals surface area contributed by atoms with Gasteiger partial charge in [-0.15, -0.1) is 0 Å². The first kappa shape index (κ1) is 63.2. The molecule has 9 aromatic carbocycles. The van der Waals surface area contributed by atoms with Crippen LogP contribution in [0.4, 0.5) is 0 Å². The quantitative estimate of drug-likeness (QED) is 0.0357. The molecule has 9 aromatic rings. The van der Waals surface area contributed by atoms with Gasteiger partial charge < -0.3 is 14.2 Å². The summed E-state index contributed by atoms with van der Waals surface area (Å²) in [6.45, 7) is -1.82. The summed E-state index contributed by atoms with van der Waals surface area (Å²) in [7, 11) is -15.0. The molecule has 6 atom stereocenters. The fourth-order valence-electron chi connectivity index (χ4n) is 9.46. The van der Waals surface area contributed by atoms with E-state index in [1.54, 1.807) is 72.8 Å². The third-order valence-corrected chi connectivity index (χ3v) is 18.1. The molecule has 0 heterocycles. The SMILES string of the molecule is O=P(OCc1ccccc1)(OCc1ccccc1)OC1[C@H](OP(=O)(OCc2ccccc2)OCc2ccccc2)[C@H](OCc2ccccc2)C(OCc2ccccc2)[C@H](OCc2ccccc2)[C@H]1OP(=O)(OCc1ccccc1)OCc1ccccc1. The summed E-state index contributed by atoms with van der Waals surface area (Å²) in [6.07, 6.45) is -9.75. The Morgan fingerprint density at radius 1 is 0.195 bits per heavy atom. The molecule has 87 heavy (non-hydrogen) atoms. The first-order chi connectivity index (χ1) is 42.7. The number of hydrogen-bond acceptors (Lipinski definition) is 15.